The van der Waals surface area contributed by atoms with E-state index >= 15 is 0 Å². The number of hydrogen-bond acceptors (Lipinski definition) is 7. The van der Waals surface area contributed by atoms with Crippen molar-refractivity contribution in [2.24, 2.45) is 17.8 Å². The summed E-state index contributed by atoms with van der Waals surface area (Å²) in [5, 5.41) is 9.33. The minimum absolute atomic E-state index is 0.157. The van der Waals surface area contributed by atoms with Crippen LogP contribution in [-0.4, -0.2) is 47.7 Å². The number of likely N-dealkylation sites (tertiary alicyclic amines) is 1. The average molecular weight is 492 g/mol. The van der Waals surface area contributed by atoms with Crippen molar-refractivity contribution in [2.45, 2.75) is 38.9 Å². The Kier molecular flexibility index (Phi) is 6.64. The van der Waals surface area contributed by atoms with Gasteiger partial charge in [-0.3, -0.25) is 9.59 Å². The first-order chi connectivity index (χ1) is 17.4. The molecule has 8 heteroatoms. The third-order valence-electron chi connectivity index (χ3n) is 7.48. The molecule has 4 atom stereocenters. The van der Waals surface area contributed by atoms with Gasteiger partial charge in [0.15, 0.2) is 0 Å². The van der Waals surface area contributed by atoms with Gasteiger partial charge in [-0.05, 0) is 61.1 Å². The van der Waals surface area contributed by atoms with Crippen LogP contribution in [0.1, 0.15) is 43.3 Å². The summed E-state index contributed by atoms with van der Waals surface area (Å²) < 4.78 is 16.6. The number of benzene rings is 1. The number of imide groups is 3. The summed E-state index contributed by atoms with van der Waals surface area (Å²) >= 11 is 0. The molecule has 36 heavy (non-hydrogen) atoms. The largest absolute Gasteiger partial charge is 0.459 e. The third kappa shape index (κ3) is 4.20. The number of aliphatic hydroxyl groups is 1. The molecule has 5 rings (SSSR count). The molecule has 0 radical (unpaired) electrons. The smallest absolute Gasteiger partial charge is 0.423 e. The average Bonchev–Trinajstić information content (AvgIpc) is 3.59. The fraction of sp³-hybridized carbons (Fsp3) is 0.393. The second kappa shape index (κ2) is 9.87. The number of aliphatic hydroxyl groups excluding tert-OH is 1. The first-order valence-corrected chi connectivity index (χ1v) is 12.1. The molecule has 1 aromatic carbocycles. The molecule has 2 fully saturated rings. The van der Waals surface area contributed by atoms with Gasteiger partial charge >= 0.3 is 6.09 Å². The van der Waals surface area contributed by atoms with Crippen molar-refractivity contribution in [1.82, 2.24) is 4.90 Å². The number of nitrogens with zero attached hydrogens (tertiary/aromatic N) is 1. The molecule has 2 aromatic rings. The second-order valence-corrected chi connectivity index (χ2v) is 9.52. The fourth-order valence-electron chi connectivity index (χ4n) is 5.87. The molecule has 0 bridgehead atoms. The zero-order valence-corrected chi connectivity index (χ0v) is 20.3. The van der Waals surface area contributed by atoms with Crippen molar-refractivity contribution in [2.75, 3.05) is 13.7 Å². The number of amides is 3. The van der Waals surface area contributed by atoms with Crippen LogP contribution >= 0.6 is 0 Å². The van der Waals surface area contributed by atoms with Gasteiger partial charge in [0.2, 0.25) is 11.8 Å². The summed E-state index contributed by atoms with van der Waals surface area (Å²) in [4.78, 5) is 38.7. The van der Waals surface area contributed by atoms with Crippen LogP contribution in [0.25, 0.3) is 11.6 Å². The van der Waals surface area contributed by atoms with Crippen molar-refractivity contribution in [3.63, 3.8) is 0 Å². The molecule has 2 aliphatic heterocycles. The van der Waals surface area contributed by atoms with E-state index in [9.17, 15) is 19.5 Å². The first-order valence-electron chi connectivity index (χ1n) is 12.1. The van der Waals surface area contributed by atoms with Crippen molar-refractivity contribution < 1.29 is 33.4 Å². The molecule has 8 nitrogen and oxygen atoms in total. The van der Waals surface area contributed by atoms with E-state index in [1.54, 1.807) is 6.07 Å². The number of ether oxygens (including phenoxy) is 2. The molecule has 1 N–H and O–H groups in total. The van der Waals surface area contributed by atoms with Crippen LogP contribution in [0.4, 0.5) is 4.79 Å². The predicted molar refractivity (Wildman–Crippen MR) is 130 cm³/mol. The van der Waals surface area contributed by atoms with E-state index in [1.165, 1.54) is 7.11 Å². The van der Waals surface area contributed by atoms with Gasteiger partial charge in [0.05, 0.1) is 31.7 Å². The maximum Gasteiger partial charge on any atom is 0.423 e. The minimum atomic E-state index is -0.922. The summed E-state index contributed by atoms with van der Waals surface area (Å²) in [6.07, 6.45) is 2.70. The van der Waals surface area contributed by atoms with Crippen LogP contribution in [0.3, 0.4) is 0 Å². The van der Waals surface area contributed by atoms with E-state index in [0.717, 1.165) is 22.3 Å². The number of allylic oxidation sites excluding steroid dienone is 2. The summed E-state index contributed by atoms with van der Waals surface area (Å²) in [5.74, 6) is -1.16. The molecular weight excluding hydrogens is 462 g/mol. The van der Waals surface area contributed by atoms with Crippen LogP contribution < -0.4 is 0 Å². The van der Waals surface area contributed by atoms with Crippen LogP contribution in [0.2, 0.25) is 0 Å². The molecule has 1 aromatic heterocycles. The Hall–Kier alpha value is -3.49. The molecule has 3 amide bonds. The third-order valence-corrected chi connectivity index (χ3v) is 7.48. The topological polar surface area (TPSA) is 106 Å². The number of rotatable bonds is 6. The Morgan fingerprint density at radius 3 is 2.61 bits per heavy atom. The second-order valence-electron chi connectivity index (χ2n) is 9.52. The lowest BCUT2D eigenvalue weighted by Crippen LogP contribution is -2.37. The molecule has 2 saturated heterocycles. The zero-order chi connectivity index (χ0) is 25.4. The predicted octanol–water partition coefficient (Wildman–Crippen LogP) is 4.20. The Bertz CT molecular complexity index is 1240. The van der Waals surface area contributed by atoms with Crippen molar-refractivity contribution >= 4 is 29.6 Å². The summed E-state index contributed by atoms with van der Waals surface area (Å²) in [6, 6.07) is 13.6. The van der Waals surface area contributed by atoms with Gasteiger partial charge < -0.3 is 19.0 Å². The van der Waals surface area contributed by atoms with Crippen LogP contribution in [0.5, 0.6) is 0 Å². The van der Waals surface area contributed by atoms with Gasteiger partial charge in [-0.2, -0.15) is 4.90 Å². The molecule has 188 valence electrons. The highest BCUT2D eigenvalue weighted by molar-refractivity contribution is 6.16. The van der Waals surface area contributed by atoms with Gasteiger partial charge in [0.1, 0.15) is 18.1 Å². The van der Waals surface area contributed by atoms with E-state index < -0.39 is 29.7 Å². The minimum Gasteiger partial charge on any atom is -0.459 e. The molecular formula is C28H29NO7. The van der Waals surface area contributed by atoms with Gasteiger partial charge in [-0.15, -0.1) is 0 Å². The maximum absolute atomic E-state index is 13.1. The standard InChI is InChI=1S/C28H29NO7/c1-16-12-21-25(27(32)29(26(21)31)28(33)34-2)22-15-35-23(24(16)22)11-8-18(17-6-4-3-5-7-17)13-19-9-10-20(14-30)36-19/h3-7,9-10,13,21-23,25,30H,8,11-12,14-15H2,1-2H3/b18-13-/t21-,22+,23-,25-/m1/s1. The van der Waals surface area contributed by atoms with Gasteiger partial charge in [0, 0.05) is 5.92 Å². The molecule has 0 saturated carbocycles. The highest BCUT2D eigenvalue weighted by Crippen LogP contribution is 2.50. The Morgan fingerprint density at radius 1 is 1.14 bits per heavy atom. The normalized spacial score (nSPS) is 25.9. The number of methoxy groups -OCH3 is 1. The monoisotopic (exact) mass is 491 g/mol. The fourth-order valence-corrected chi connectivity index (χ4v) is 5.87. The number of carbonyl (C=O) groups excluding carboxylic acids is 3. The Labute approximate surface area is 209 Å². The number of furan rings is 1. The molecule has 3 heterocycles. The molecule has 1 aliphatic carbocycles. The first kappa shape index (κ1) is 24.2. The van der Waals surface area contributed by atoms with Gasteiger partial charge in [-0.25, -0.2) is 4.79 Å². The summed E-state index contributed by atoms with van der Waals surface area (Å²) in [7, 11) is 1.17. The lowest BCUT2D eigenvalue weighted by molar-refractivity contribution is -0.137. The van der Waals surface area contributed by atoms with Crippen molar-refractivity contribution in [3.8, 4) is 0 Å². The van der Waals surface area contributed by atoms with Gasteiger partial charge in [-0.1, -0.05) is 35.9 Å². The number of hydrogen-bond donors (Lipinski definition) is 1. The van der Waals surface area contributed by atoms with Crippen molar-refractivity contribution in [3.05, 3.63) is 70.7 Å². The molecule has 0 spiro atoms. The lowest BCUT2D eigenvalue weighted by Gasteiger charge is -2.30. The SMILES string of the molecule is COC(=O)N1C(=O)[C@@H]2[C@@H](CC(C)=C3[C@@H](CC/C(=C/c4ccc(CO)o4)c4ccccc4)OC[C@@H]32)C1=O. The van der Waals surface area contributed by atoms with E-state index in [1.807, 2.05) is 49.4 Å². The van der Waals surface area contributed by atoms with E-state index in [4.69, 9.17) is 9.15 Å². The van der Waals surface area contributed by atoms with Crippen LogP contribution in [0.15, 0.2) is 58.0 Å². The van der Waals surface area contributed by atoms with E-state index in [-0.39, 0.29) is 18.6 Å². The lowest BCUT2D eigenvalue weighted by atomic mass is 9.70. The van der Waals surface area contributed by atoms with E-state index in [2.05, 4.69) is 4.74 Å². The quantitative estimate of drug-likeness (QED) is 0.477. The van der Waals surface area contributed by atoms with Gasteiger partial charge in [0.25, 0.3) is 0 Å². The number of carbonyl (C=O) groups is 3. The zero-order valence-electron chi connectivity index (χ0n) is 20.3. The Balaban J connectivity index is 1.37. The van der Waals surface area contributed by atoms with Crippen molar-refractivity contribution in [1.29, 1.82) is 0 Å². The highest BCUT2D eigenvalue weighted by Gasteiger charge is 2.58. The summed E-state index contributed by atoms with van der Waals surface area (Å²) in [6.45, 7) is 2.18. The summed E-state index contributed by atoms with van der Waals surface area (Å²) in [5.41, 5.74) is 4.27. The molecule has 0 unspecified atom stereocenters. The highest BCUT2D eigenvalue weighted by atomic mass is 16.5. The van der Waals surface area contributed by atoms with Crippen LogP contribution in [-0.2, 0) is 25.7 Å². The Morgan fingerprint density at radius 2 is 1.92 bits per heavy atom. The molecule has 3 aliphatic rings. The van der Waals surface area contributed by atoms with Crippen LogP contribution in [0, 0.1) is 17.8 Å². The maximum atomic E-state index is 13.1. The van der Waals surface area contributed by atoms with E-state index in [0.29, 0.717) is 42.3 Å². The number of fused-ring (bicyclic) bond motifs is 3.